The van der Waals surface area contributed by atoms with Gasteiger partial charge in [-0.3, -0.25) is 0 Å². The zero-order valence-electron chi connectivity index (χ0n) is 12.2. The SMILES string of the molecule is Cc1cc(C)c(OC[C@@H](O)C[NH2+]C(C)C)c(C)c1. The second-order valence-corrected chi connectivity index (χ2v) is 5.41. The van der Waals surface area contributed by atoms with E-state index in [2.05, 4.69) is 38.2 Å². The summed E-state index contributed by atoms with van der Waals surface area (Å²) < 4.78 is 5.75. The molecule has 0 unspecified atom stereocenters. The highest BCUT2D eigenvalue weighted by Gasteiger charge is 2.11. The van der Waals surface area contributed by atoms with Gasteiger partial charge in [0.15, 0.2) is 0 Å². The molecule has 0 aliphatic rings. The monoisotopic (exact) mass is 252 g/mol. The minimum Gasteiger partial charge on any atom is -0.490 e. The molecule has 102 valence electrons. The highest BCUT2D eigenvalue weighted by molar-refractivity contribution is 5.42. The van der Waals surface area contributed by atoms with Gasteiger partial charge in [-0.25, -0.2) is 0 Å². The number of aryl methyl sites for hydroxylation is 3. The molecule has 0 aromatic heterocycles. The average Bonchev–Trinajstić information content (AvgIpc) is 2.24. The summed E-state index contributed by atoms with van der Waals surface area (Å²) in [6, 6.07) is 4.71. The molecule has 0 aliphatic heterocycles. The number of benzene rings is 1. The summed E-state index contributed by atoms with van der Waals surface area (Å²) in [5.74, 6) is 0.907. The fourth-order valence-electron chi connectivity index (χ4n) is 2.07. The first-order valence-electron chi connectivity index (χ1n) is 6.62. The molecule has 0 aliphatic carbocycles. The molecule has 0 saturated carbocycles. The molecule has 0 amide bonds. The summed E-state index contributed by atoms with van der Waals surface area (Å²) >= 11 is 0. The topological polar surface area (TPSA) is 46.1 Å². The predicted octanol–water partition coefficient (Wildman–Crippen LogP) is 1.32. The van der Waals surface area contributed by atoms with Crippen molar-refractivity contribution >= 4 is 0 Å². The van der Waals surface area contributed by atoms with E-state index in [1.807, 2.05) is 13.8 Å². The summed E-state index contributed by atoms with van der Waals surface area (Å²) in [6.45, 7) is 11.4. The number of quaternary nitrogens is 1. The van der Waals surface area contributed by atoms with Gasteiger partial charge in [-0.15, -0.1) is 0 Å². The molecule has 3 nitrogen and oxygen atoms in total. The second kappa shape index (κ2) is 6.76. The Labute approximate surface area is 110 Å². The molecule has 3 heteroatoms. The molecule has 1 rings (SSSR count). The van der Waals surface area contributed by atoms with Crippen LogP contribution in [0.15, 0.2) is 12.1 Å². The van der Waals surface area contributed by atoms with Crippen LogP contribution >= 0.6 is 0 Å². The normalized spacial score (nSPS) is 12.8. The van der Waals surface area contributed by atoms with E-state index in [0.717, 1.165) is 16.9 Å². The summed E-state index contributed by atoms with van der Waals surface area (Å²) in [5, 5.41) is 12.0. The molecule has 3 N–H and O–H groups in total. The standard InChI is InChI=1S/C15H25NO2/c1-10(2)16-8-14(17)9-18-15-12(4)6-11(3)7-13(15)5/h6-7,10,14,16-17H,8-9H2,1-5H3/p+1/t14-/m0/s1. The van der Waals surface area contributed by atoms with Gasteiger partial charge in [0.05, 0.1) is 6.04 Å². The molecule has 0 spiro atoms. The maximum Gasteiger partial charge on any atom is 0.137 e. The van der Waals surface area contributed by atoms with Crippen LogP contribution < -0.4 is 10.1 Å². The van der Waals surface area contributed by atoms with Crippen LogP contribution in [-0.2, 0) is 0 Å². The smallest absolute Gasteiger partial charge is 0.137 e. The molecule has 0 fully saturated rings. The third-order valence-corrected chi connectivity index (χ3v) is 2.90. The van der Waals surface area contributed by atoms with Crippen molar-refractivity contribution in [2.45, 2.75) is 46.8 Å². The van der Waals surface area contributed by atoms with Crippen LogP contribution in [0.1, 0.15) is 30.5 Å². The Balaban J connectivity index is 2.53. The number of ether oxygens (including phenoxy) is 1. The molecular weight excluding hydrogens is 226 g/mol. The third-order valence-electron chi connectivity index (χ3n) is 2.90. The molecule has 1 atom stereocenters. The predicted molar refractivity (Wildman–Crippen MR) is 74.1 cm³/mol. The van der Waals surface area contributed by atoms with Gasteiger partial charge in [0.25, 0.3) is 0 Å². The van der Waals surface area contributed by atoms with Crippen LogP contribution in [0, 0.1) is 20.8 Å². The number of aliphatic hydroxyl groups is 1. The first-order valence-corrected chi connectivity index (χ1v) is 6.62. The van der Waals surface area contributed by atoms with Crippen LogP contribution in [0.5, 0.6) is 5.75 Å². The summed E-state index contributed by atoms with van der Waals surface area (Å²) in [5.41, 5.74) is 3.51. The number of rotatable bonds is 6. The van der Waals surface area contributed by atoms with E-state index in [1.54, 1.807) is 0 Å². The fraction of sp³-hybridized carbons (Fsp3) is 0.600. The second-order valence-electron chi connectivity index (χ2n) is 5.41. The highest BCUT2D eigenvalue weighted by Crippen LogP contribution is 2.24. The van der Waals surface area contributed by atoms with Gasteiger partial charge in [-0.1, -0.05) is 17.7 Å². The van der Waals surface area contributed by atoms with Crippen molar-refractivity contribution in [3.63, 3.8) is 0 Å². The maximum atomic E-state index is 9.84. The minimum atomic E-state index is -0.424. The zero-order chi connectivity index (χ0) is 13.7. The first kappa shape index (κ1) is 15.0. The fourth-order valence-corrected chi connectivity index (χ4v) is 2.07. The minimum absolute atomic E-state index is 0.355. The Morgan fingerprint density at radius 1 is 1.17 bits per heavy atom. The Morgan fingerprint density at radius 2 is 1.72 bits per heavy atom. The van der Waals surface area contributed by atoms with E-state index in [9.17, 15) is 5.11 Å². The Morgan fingerprint density at radius 3 is 2.22 bits per heavy atom. The molecule has 0 bridgehead atoms. The number of hydrogen-bond acceptors (Lipinski definition) is 2. The summed E-state index contributed by atoms with van der Waals surface area (Å²) in [4.78, 5) is 0. The largest absolute Gasteiger partial charge is 0.490 e. The quantitative estimate of drug-likeness (QED) is 0.802. The van der Waals surface area contributed by atoms with E-state index >= 15 is 0 Å². The highest BCUT2D eigenvalue weighted by atomic mass is 16.5. The lowest BCUT2D eigenvalue weighted by Gasteiger charge is -2.16. The molecule has 0 radical (unpaired) electrons. The van der Waals surface area contributed by atoms with E-state index in [4.69, 9.17) is 4.74 Å². The van der Waals surface area contributed by atoms with Crippen molar-refractivity contribution in [1.82, 2.24) is 0 Å². The lowest BCUT2D eigenvalue weighted by Crippen LogP contribution is -2.90. The van der Waals surface area contributed by atoms with Crippen LogP contribution in [0.25, 0.3) is 0 Å². The average molecular weight is 252 g/mol. The summed E-state index contributed by atoms with van der Waals surface area (Å²) in [6.07, 6.45) is -0.424. The molecule has 1 aromatic carbocycles. The molecule has 18 heavy (non-hydrogen) atoms. The maximum absolute atomic E-state index is 9.84. The van der Waals surface area contributed by atoms with Gasteiger partial charge in [-0.05, 0) is 45.7 Å². The number of nitrogens with two attached hydrogens (primary N) is 1. The number of hydrogen-bond donors (Lipinski definition) is 2. The molecular formula is C15H26NO2+. The van der Waals surface area contributed by atoms with Crippen LogP contribution in [0.4, 0.5) is 0 Å². The van der Waals surface area contributed by atoms with Gasteiger partial charge in [0.2, 0.25) is 0 Å². The number of aliphatic hydroxyl groups excluding tert-OH is 1. The van der Waals surface area contributed by atoms with Gasteiger partial charge in [0, 0.05) is 0 Å². The Hall–Kier alpha value is -1.06. The van der Waals surface area contributed by atoms with E-state index in [-0.39, 0.29) is 0 Å². The van der Waals surface area contributed by atoms with Gasteiger partial charge >= 0.3 is 0 Å². The van der Waals surface area contributed by atoms with Gasteiger partial charge < -0.3 is 15.2 Å². The van der Waals surface area contributed by atoms with E-state index in [1.165, 1.54) is 5.56 Å². The van der Waals surface area contributed by atoms with Gasteiger partial charge in [-0.2, -0.15) is 0 Å². The zero-order valence-corrected chi connectivity index (χ0v) is 12.2. The van der Waals surface area contributed by atoms with Crippen molar-refractivity contribution in [3.8, 4) is 5.75 Å². The van der Waals surface area contributed by atoms with Crippen molar-refractivity contribution in [2.24, 2.45) is 0 Å². The van der Waals surface area contributed by atoms with Crippen molar-refractivity contribution in [3.05, 3.63) is 28.8 Å². The van der Waals surface area contributed by atoms with Crippen LogP contribution in [0.2, 0.25) is 0 Å². The van der Waals surface area contributed by atoms with E-state index < -0.39 is 6.10 Å². The van der Waals surface area contributed by atoms with Crippen molar-refractivity contribution < 1.29 is 15.2 Å². The molecule has 0 heterocycles. The van der Waals surface area contributed by atoms with Crippen molar-refractivity contribution in [1.29, 1.82) is 0 Å². The Kier molecular flexibility index (Phi) is 5.63. The molecule has 0 saturated heterocycles. The van der Waals surface area contributed by atoms with E-state index in [0.29, 0.717) is 19.2 Å². The van der Waals surface area contributed by atoms with Crippen molar-refractivity contribution in [2.75, 3.05) is 13.2 Å². The van der Waals surface area contributed by atoms with Crippen LogP contribution in [-0.4, -0.2) is 30.4 Å². The first-order chi connectivity index (χ1) is 8.40. The lowest BCUT2D eigenvalue weighted by molar-refractivity contribution is -0.688. The van der Waals surface area contributed by atoms with Gasteiger partial charge in [0.1, 0.15) is 25.0 Å². The third kappa shape index (κ3) is 4.67. The molecule has 1 aromatic rings. The Bertz CT molecular complexity index is 365. The lowest BCUT2D eigenvalue weighted by atomic mass is 10.1. The summed E-state index contributed by atoms with van der Waals surface area (Å²) in [7, 11) is 0. The van der Waals surface area contributed by atoms with Crippen LogP contribution in [0.3, 0.4) is 0 Å².